The summed E-state index contributed by atoms with van der Waals surface area (Å²) in [6.07, 6.45) is 7.81. The molecule has 9 heteroatoms. The first-order chi connectivity index (χ1) is 16.5. The summed E-state index contributed by atoms with van der Waals surface area (Å²) in [5.74, 6) is 0.207. The second-order valence-corrected chi connectivity index (χ2v) is 8.90. The van der Waals surface area contributed by atoms with Gasteiger partial charge in [-0.05, 0) is 62.9 Å². The lowest BCUT2D eigenvalue weighted by atomic mass is 10.0. The molecule has 0 atom stereocenters. The predicted molar refractivity (Wildman–Crippen MR) is 130 cm³/mol. The van der Waals surface area contributed by atoms with E-state index in [0.29, 0.717) is 33.9 Å². The maximum Gasteiger partial charge on any atom is 0.337 e. The van der Waals surface area contributed by atoms with Crippen molar-refractivity contribution in [3.05, 3.63) is 70.0 Å². The van der Waals surface area contributed by atoms with Crippen LogP contribution >= 0.6 is 11.8 Å². The number of rotatable bonds is 8. The standard InChI is InChI=1S/C25H27N3O5S/c1-3-27(18-8-5-4-6-9-18)22(29)16-34-25-26-21-14-17(24(31)32-2)11-12-20(21)23(30)28(25)15-19-10-7-13-33-19/h7-8,10-14H,3-6,9,15-16H2,1-2H3. The van der Waals surface area contributed by atoms with Crippen molar-refractivity contribution in [2.75, 3.05) is 19.4 Å². The molecular weight excluding hydrogens is 454 g/mol. The summed E-state index contributed by atoms with van der Waals surface area (Å²) in [6, 6.07) is 8.19. The monoisotopic (exact) mass is 481 g/mol. The minimum Gasteiger partial charge on any atom is -0.467 e. The van der Waals surface area contributed by atoms with Gasteiger partial charge in [-0.25, -0.2) is 9.78 Å². The molecule has 1 aromatic carbocycles. The third-order valence-corrected chi connectivity index (χ3v) is 6.75. The third kappa shape index (κ3) is 5.09. The van der Waals surface area contributed by atoms with Crippen molar-refractivity contribution in [2.24, 2.45) is 0 Å². The van der Waals surface area contributed by atoms with Crippen molar-refractivity contribution in [3.8, 4) is 0 Å². The molecule has 2 aromatic heterocycles. The van der Waals surface area contributed by atoms with E-state index < -0.39 is 5.97 Å². The van der Waals surface area contributed by atoms with E-state index in [-0.39, 0.29) is 23.8 Å². The summed E-state index contributed by atoms with van der Waals surface area (Å²) in [6.45, 7) is 2.75. The largest absolute Gasteiger partial charge is 0.467 e. The lowest BCUT2D eigenvalue weighted by Crippen LogP contribution is -2.32. The molecule has 3 aromatic rings. The van der Waals surface area contributed by atoms with Gasteiger partial charge in [0.2, 0.25) is 5.91 Å². The summed E-state index contributed by atoms with van der Waals surface area (Å²) in [4.78, 5) is 44.9. The highest BCUT2D eigenvalue weighted by Crippen LogP contribution is 2.24. The van der Waals surface area contributed by atoms with E-state index >= 15 is 0 Å². The normalized spacial score (nSPS) is 13.5. The first-order valence-electron chi connectivity index (χ1n) is 11.3. The fourth-order valence-corrected chi connectivity index (χ4v) is 4.94. The highest BCUT2D eigenvalue weighted by molar-refractivity contribution is 7.99. The molecule has 2 heterocycles. The number of amides is 1. The Bertz CT molecular complexity index is 1280. The van der Waals surface area contributed by atoms with Crippen LogP contribution in [0.5, 0.6) is 0 Å². The first-order valence-corrected chi connectivity index (χ1v) is 12.3. The van der Waals surface area contributed by atoms with Crippen molar-refractivity contribution in [1.82, 2.24) is 14.5 Å². The number of benzene rings is 1. The van der Waals surface area contributed by atoms with Gasteiger partial charge in [-0.2, -0.15) is 0 Å². The van der Waals surface area contributed by atoms with E-state index in [1.807, 2.05) is 11.8 Å². The Hall–Kier alpha value is -3.33. The van der Waals surface area contributed by atoms with Crippen LogP contribution in [0.25, 0.3) is 10.9 Å². The molecule has 1 amide bonds. The van der Waals surface area contributed by atoms with Gasteiger partial charge in [0.25, 0.3) is 5.56 Å². The minimum atomic E-state index is -0.507. The van der Waals surface area contributed by atoms with Crippen molar-refractivity contribution >= 4 is 34.5 Å². The predicted octanol–water partition coefficient (Wildman–Crippen LogP) is 4.22. The van der Waals surface area contributed by atoms with E-state index in [2.05, 4.69) is 11.1 Å². The molecule has 0 unspecified atom stereocenters. The van der Waals surface area contributed by atoms with Crippen LogP contribution in [0.15, 0.2) is 62.7 Å². The summed E-state index contributed by atoms with van der Waals surface area (Å²) in [5, 5.41) is 0.760. The molecule has 0 saturated carbocycles. The number of ether oxygens (including phenoxy) is 1. The average molecular weight is 482 g/mol. The maximum absolute atomic E-state index is 13.4. The van der Waals surface area contributed by atoms with E-state index in [4.69, 9.17) is 9.15 Å². The fraction of sp³-hybridized carbons (Fsp3) is 0.360. The summed E-state index contributed by atoms with van der Waals surface area (Å²) >= 11 is 1.21. The lowest BCUT2D eigenvalue weighted by Gasteiger charge is -2.26. The second-order valence-electron chi connectivity index (χ2n) is 7.96. The topological polar surface area (TPSA) is 94.6 Å². The van der Waals surface area contributed by atoms with Gasteiger partial charge in [-0.1, -0.05) is 17.8 Å². The molecule has 0 fully saturated rings. The number of methoxy groups -OCH3 is 1. The SMILES string of the molecule is CCN(C(=O)CSc1nc2cc(C(=O)OC)ccc2c(=O)n1Cc1ccco1)C1=CCCCC1. The van der Waals surface area contributed by atoms with Gasteiger partial charge in [0.05, 0.1) is 42.1 Å². The van der Waals surface area contributed by atoms with Crippen LogP contribution in [0.3, 0.4) is 0 Å². The van der Waals surface area contributed by atoms with Crippen LogP contribution in [-0.4, -0.2) is 45.7 Å². The van der Waals surface area contributed by atoms with Gasteiger partial charge >= 0.3 is 5.97 Å². The maximum atomic E-state index is 13.4. The number of carbonyl (C=O) groups is 2. The molecule has 0 spiro atoms. The van der Waals surface area contributed by atoms with Gasteiger partial charge in [0, 0.05) is 12.2 Å². The first kappa shape index (κ1) is 23.8. The van der Waals surface area contributed by atoms with Crippen LogP contribution in [0, 0.1) is 0 Å². The van der Waals surface area contributed by atoms with Gasteiger partial charge in [-0.15, -0.1) is 0 Å². The van der Waals surface area contributed by atoms with Crippen LogP contribution < -0.4 is 5.56 Å². The number of esters is 1. The van der Waals surface area contributed by atoms with E-state index in [9.17, 15) is 14.4 Å². The molecule has 1 aliphatic rings. The molecule has 0 bridgehead atoms. The van der Waals surface area contributed by atoms with Gasteiger partial charge < -0.3 is 14.1 Å². The number of allylic oxidation sites excluding steroid dienone is 2. The Kier molecular flexibility index (Phi) is 7.52. The van der Waals surface area contributed by atoms with Crippen molar-refractivity contribution < 1.29 is 18.7 Å². The quantitative estimate of drug-likeness (QED) is 0.270. The number of hydrogen-bond donors (Lipinski definition) is 0. The molecule has 178 valence electrons. The molecule has 0 saturated heterocycles. The molecule has 1 aliphatic carbocycles. The summed E-state index contributed by atoms with van der Waals surface area (Å²) in [7, 11) is 1.30. The smallest absolute Gasteiger partial charge is 0.337 e. The highest BCUT2D eigenvalue weighted by Gasteiger charge is 2.21. The zero-order valence-corrected chi connectivity index (χ0v) is 20.1. The molecule has 4 rings (SSSR count). The molecule has 34 heavy (non-hydrogen) atoms. The number of thioether (sulfide) groups is 1. The van der Waals surface area contributed by atoms with Crippen molar-refractivity contribution in [2.45, 2.75) is 44.3 Å². The number of furan rings is 1. The second kappa shape index (κ2) is 10.7. The molecule has 8 nitrogen and oxygen atoms in total. The molecule has 0 N–H and O–H groups in total. The summed E-state index contributed by atoms with van der Waals surface area (Å²) < 4.78 is 11.7. The number of aromatic nitrogens is 2. The molecule has 0 radical (unpaired) electrons. The number of nitrogens with zero attached hydrogens (tertiary/aromatic N) is 3. The highest BCUT2D eigenvalue weighted by atomic mass is 32.2. The Morgan fingerprint density at radius 2 is 2.12 bits per heavy atom. The van der Waals surface area contributed by atoms with Crippen LogP contribution in [-0.2, 0) is 16.1 Å². The van der Waals surface area contributed by atoms with Gasteiger partial charge in [0.15, 0.2) is 5.16 Å². The van der Waals surface area contributed by atoms with Crippen LogP contribution in [0.1, 0.15) is 48.7 Å². The fourth-order valence-electron chi connectivity index (χ4n) is 4.06. The zero-order chi connectivity index (χ0) is 24.1. The van der Waals surface area contributed by atoms with Crippen LogP contribution in [0.4, 0.5) is 0 Å². The van der Waals surface area contributed by atoms with E-state index in [0.717, 1.165) is 31.4 Å². The van der Waals surface area contributed by atoms with Crippen molar-refractivity contribution in [1.29, 1.82) is 0 Å². The minimum absolute atomic E-state index is 0.0251. The average Bonchev–Trinajstić information content (AvgIpc) is 3.38. The Labute approximate surface area is 201 Å². The number of fused-ring (bicyclic) bond motifs is 1. The van der Waals surface area contributed by atoms with Gasteiger partial charge in [0.1, 0.15) is 5.76 Å². The van der Waals surface area contributed by atoms with E-state index in [1.165, 1.54) is 29.5 Å². The lowest BCUT2D eigenvalue weighted by molar-refractivity contribution is -0.126. The van der Waals surface area contributed by atoms with Crippen molar-refractivity contribution in [3.63, 3.8) is 0 Å². The summed E-state index contributed by atoms with van der Waals surface area (Å²) in [5.41, 5.74) is 1.48. The Balaban J connectivity index is 1.68. The zero-order valence-electron chi connectivity index (χ0n) is 19.3. The third-order valence-electron chi connectivity index (χ3n) is 5.79. The van der Waals surface area contributed by atoms with Gasteiger partial charge in [-0.3, -0.25) is 14.2 Å². The number of hydrogen-bond acceptors (Lipinski definition) is 7. The Morgan fingerprint density at radius 3 is 2.79 bits per heavy atom. The Morgan fingerprint density at radius 1 is 1.26 bits per heavy atom. The number of carbonyl (C=O) groups excluding carboxylic acids is 2. The van der Waals surface area contributed by atoms with E-state index in [1.54, 1.807) is 30.5 Å². The van der Waals surface area contributed by atoms with Crippen LogP contribution in [0.2, 0.25) is 0 Å². The molecule has 0 aliphatic heterocycles. The molecular formula is C25H27N3O5S.